The fourth-order valence-corrected chi connectivity index (χ4v) is 5.22. The van der Waals surface area contributed by atoms with Crippen molar-refractivity contribution >= 4 is 14.0 Å². The fourth-order valence-electron chi connectivity index (χ4n) is 3.79. The Balaban J connectivity index is 1.65. The average molecular weight is 482 g/mol. The monoisotopic (exact) mass is 481 g/mol. The second-order valence-electron chi connectivity index (χ2n) is 10.5. The number of aliphatic hydroxyl groups is 1. The van der Waals surface area contributed by atoms with E-state index in [1.54, 1.807) is 0 Å². The van der Waals surface area contributed by atoms with Crippen molar-refractivity contribution in [1.29, 1.82) is 0 Å². The highest BCUT2D eigenvalue weighted by Crippen LogP contribution is 2.37. The summed E-state index contributed by atoms with van der Waals surface area (Å²) in [5.41, 5.74) is 0.884. The van der Waals surface area contributed by atoms with E-state index in [1.165, 1.54) is 0 Å². The van der Waals surface area contributed by atoms with Crippen molar-refractivity contribution in [3.63, 3.8) is 0 Å². The number of hydrogen-bond donors (Lipinski definition) is 1. The molecule has 1 saturated heterocycles. The van der Waals surface area contributed by atoms with E-state index in [9.17, 15) is 5.11 Å². The summed E-state index contributed by atoms with van der Waals surface area (Å²) in [6, 6.07) is 15.1. The number of hydrogen-bond acceptors (Lipinski definition) is 5. The molecule has 3 rings (SSSR count). The van der Waals surface area contributed by atoms with Crippen molar-refractivity contribution in [3.05, 3.63) is 59.7 Å². The molecule has 0 amide bonds. The van der Waals surface area contributed by atoms with E-state index in [1.807, 2.05) is 55.5 Å². The maximum atomic E-state index is 11.4. The van der Waals surface area contributed by atoms with Gasteiger partial charge in [-0.25, -0.2) is 0 Å². The van der Waals surface area contributed by atoms with Crippen molar-refractivity contribution in [3.8, 4) is 18.1 Å². The second-order valence-corrected chi connectivity index (χ2v) is 15.3. The topological polar surface area (TPSA) is 51.2 Å². The molecule has 5 nitrogen and oxygen atoms in total. The lowest BCUT2D eigenvalue weighted by molar-refractivity contribution is 0.122. The Morgan fingerprint density at radius 2 is 1.56 bits per heavy atom. The van der Waals surface area contributed by atoms with Crippen LogP contribution in [0.25, 0.3) is 0 Å². The first-order valence-electron chi connectivity index (χ1n) is 12.0. The van der Waals surface area contributed by atoms with Crippen LogP contribution in [-0.2, 0) is 14.8 Å². The van der Waals surface area contributed by atoms with Crippen molar-refractivity contribution in [2.45, 2.75) is 57.5 Å². The van der Waals surface area contributed by atoms with Gasteiger partial charge < -0.3 is 23.9 Å². The largest absolute Gasteiger partial charge is 0.491 e. The van der Waals surface area contributed by atoms with E-state index < -0.39 is 13.9 Å². The fraction of sp³-hybridized carbons (Fsp3) is 0.500. The predicted molar refractivity (Wildman–Crippen MR) is 141 cm³/mol. The number of terminal acetylenes is 1. The Kier molecular flexibility index (Phi) is 8.15. The van der Waals surface area contributed by atoms with E-state index in [-0.39, 0.29) is 11.1 Å². The lowest BCUT2D eigenvalue weighted by Crippen LogP contribution is -2.44. The van der Waals surface area contributed by atoms with Gasteiger partial charge in [0.1, 0.15) is 12.4 Å². The van der Waals surface area contributed by atoms with Crippen LogP contribution in [0.2, 0.25) is 18.1 Å². The molecule has 184 valence electrons. The minimum Gasteiger partial charge on any atom is -0.491 e. The quantitative estimate of drug-likeness (QED) is 0.416. The number of rotatable bonds is 8. The molecule has 1 aliphatic rings. The van der Waals surface area contributed by atoms with E-state index in [2.05, 4.69) is 44.7 Å². The van der Waals surface area contributed by atoms with Crippen molar-refractivity contribution in [2.75, 3.05) is 37.8 Å². The smallest absolute Gasteiger partial charge is 0.192 e. The molecule has 6 heteroatoms. The molecular weight excluding hydrogens is 442 g/mol. The summed E-state index contributed by atoms with van der Waals surface area (Å²) >= 11 is 0. The molecule has 1 heterocycles. The summed E-state index contributed by atoms with van der Waals surface area (Å²) < 4.78 is 17.8. The SMILES string of the molecule is C#CC(O)(c1ccc(OCC(C)O[Si](C)(C)C(C)(C)C)cc1)c1ccc(N2CCOCC2)cc1. The van der Waals surface area contributed by atoms with Gasteiger partial charge >= 0.3 is 0 Å². The standard InChI is InChI=1S/C28H39NO4Si/c1-8-28(30,23-9-13-25(14-10-23)29-17-19-31-20-18-29)24-11-15-26(16-12-24)32-21-22(2)33-34(6,7)27(3,4)5/h1,9-16,22,30H,17-21H2,2-7H3. The normalized spacial score (nSPS) is 17.5. The molecule has 2 aromatic carbocycles. The molecule has 2 unspecified atom stereocenters. The third-order valence-electron chi connectivity index (χ3n) is 6.93. The Hall–Kier alpha value is -2.30. The van der Waals surface area contributed by atoms with Crippen LogP contribution in [0.3, 0.4) is 0 Å². The zero-order chi connectivity index (χ0) is 25.0. The molecule has 0 aromatic heterocycles. The minimum absolute atomic E-state index is 0.00631. The first-order chi connectivity index (χ1) is 16.0. The molecule has 2 atom stereocenters. The highest BCUT2D eigenvalue weighted by molar-refractivity contribution is 6.74. The van der Waals surface area contributed by atoms with Gasteiger partial charge in [-0.1, -0.05) is 51.0 Å². The van der Waals surface area contributed by atoms with Gasteiger partial charge in [0.05, 0.1) is 19.3 Å². The van der Waals surface area contributed by atoms with Crippen molar-refractivity contribution in [2.24, 2.45) is 0 Å². The van der Waals surface area contributed by atoms with Gasteiger partial charge in [0.25, 0.3) is 0 Å². The first-order valence-corrected chi connectivity index (χ1v) is 14.9. The molecule has 1 N–H and O–H groups in total. The van der Waals surface area contributed by atoms with Crippen LogP contribution >= 0.6 is 0 Å². The van der Waals surface area contributed by atoms with Crippen LogP contribution in [-0.4, -0.2) is 52.4 Å². The molecule has 2 aromatic rings. The summed E-state index contributed by atoms with van der Waals surface area (Å²) in [6.45, 7) is 16.9. The summed E-state index contributed by atoms with van der Waals surface area (Å²) in [5.74, 6) is 3.30. The Bertz CT molecular complexity index is 969. The van der Waals surface area contributed by atoms with Crippen LogP contribution in [0.1, 0.15) is 38.8 Å². The zero-order valence-electron chi connectivity index (χ0n) is 21.4. The average Bonchev–Trinajstić information content (AvgIpc) is 2.82. The molecule has 1 aliphatic heterocycles. The molecule has 1 fully saturated rings. The Morgan fingerprint density at radius 3 is 2.06 bits per heavy atom. The highest BCUT2D eigenvalue weighted by Gasteiger charge is 2.38. The summed E-state index contributed by atoms with van der Waals surface area (Å²) in [4.78, 5) is 2.27. The molecule has 0 bridgehead atoms. The number of benzene rings is 2. The van der Waals surface area contributed by atoms with Crippen LogP contribution < -0.4 is 9.64 Å². The van der Waals surface area contributed by atoms with Crippen molar-refractivity contribution < 1.29 is 19.0 Å². The van der Waals surface area contributed by atoms with Crippen LogP contribution in [0.4, 0.5) is 5.69 Å². The lowest BCUT2D eigenvalue weighted by atomic mass is 9.87. The van der Waals surface area contributed by atoms with E-state index >= 15 is 0 Å². The zero-order valence-corrected chi connectivity index (χ0v) is 22.4. The van der Waals surface area contributed by atoms with E-state index in [0.29, 0.717) is 17.7 Å². The molecule has 0 aliphatic carbocycles. The minimum atomic E-state index is -1.84. The van der Waals surface area contributed by atoms with Crippen LogP contribution in [0, 0.1) is 12.3 Å². The first kappa shape index (κ1) is 26.3. The third kappa shape index (κ3) is 6.03. The van der Waals surface area contributed by atoms with Gasteiger partial charge in [-0.2, -0.15) is 0 Å². The highest BCUT2D eigenvalue weighted by atomic mass is 28.4. The molecule has 0 saturated carbocycles. The Labute approximate surface area is 206 Å². The van der Waals surface area contributed by atoms with Gasteiger partial charge in [-0.05, 0) is 49.3 Å². The van der Waals surface area contributed by atoms with Crippen molar-refractivity contribution in [1.82, 2.24) is 0 Å². The molecule has 0 radical (unpaired) electrons. The lowest BCUT2D eigenvalue weighted by Gasteiger charge is -2.38. The van der Waals surface area contributed by atoms with Gasteiger partial charge in [-0.15, -0.1) is 6.42 Å². The third-order valence-corrected chi connectivity index (χ3v) is 11.5. The van der Waals surface area contributed by atoms with Crippen LogP contribution in [0.15, 0.2) is 48.5 Å². The van der Waals surface area contributed by atoms with E-state index in [0.717, 1.165) is 37.7 Å². The maximum absolute atomic E-state index is 11.4. The van der Waals surface area contributed by atoms with Gasteiger partial charge in [-0.3, -0.25) is 0 Å². The van der Waals surface area contributed by atoms with Gasteiger partial charge in [0.2, 0.25) is 0 Å². The number of nitrogens with zero attached hydrogens (tertiary/aromatic N) is 1. The number of morpholine rings is 1. The second kappa shape index (κ2) is 10.5. The molecule has 0 spiro atoms. The van der Waals surface area contributed by atoms with Gasteiger partial charge in [0.15, 0.2) is 13.9 Å². The molecule has 34 heavy (non-hydrogen) atoms. The van der Waals surface area contributed by atoms with Crippen LogP contribution in [0.5, 0.6) is 5.75 Å². The number of anilines is 1. The summed E-state index contributed by atoms with van der Waals surface area (Å²) in [7, 11) is -1.84. The number of ether oxygens (including phenoxy) is 2. The van der Waals surface area contributed by atoms with Gasteiger partial charge in [0, 0.05) is 29.9 Å². The summed E-state index contributed by atoms with van der Waals surface area (Å²) in [6.07, 6.45) is 5.81. The Morgan fingerprint density at radius 1 is 1.03 bits per heavy atom. The van der Waals surface area contributed by atoms with E-state index in [4.69, 9.17) is 20.3 Å². The molecular formula is C28H39NO4Si. The maximum Gasteiger partial charge on any atom is 0.192 e. The predicted octanol–water partition coefficient (Wildman–Crippen LogP) is 5.18. The summed E-state index contributed by atoms with van der Waals surface area (Å²) in [5, 5.41) is 11.5.